The number of imide groups is 1. The highest BCUT2D eigenvalue weighted by Gasteiger charge is 2.44. The number of ether oxygens (including phenoxy) is 2. The maximum absolute atomic E-state index is 13.0. The maximum atomic E-state index is 13.0. The number of carbonyl (C=O) groups is 2. The molecule has 2 aliphatic rings. The van der Waals surface area contributed by atoms with Crippen molar-refractivity contribution in [3.8, 4) is 11.5 Å². The molecule has 24 heavy (non-hydrogen) atoms. The van der Waals surface area contributed by atoms with Gasteiger partial charge in [0.15, 0.2) is 11.5 Å². The molecule has 2 amide bonds. The third-order valence-corrected chi connectivity index (χ3v) is 4.84. The van der Waals surface area contributed by atoms with Gasteiger partial charge in [-0.25, -0.2) is 0 Å². The molecule has 5 nitrogen and oxygen atoms in total. The van der Waals surface area contributed by atoms with E-state index < -0.39 is 0 Å². The van der Waals surface area contributed by atoms with Crippen molar-refractivity contribution in [3.63, 3.8) is 0 Å². The zero-order chi connectivity index (χ0) is 16.8. The van der Waals surface area contributed by atoms with Crippen LogP contribution in [0.3, 0.4) is 0 Å². The summed E-state index contributed by atoms with van der Waals surface area (Å²) < 4.78 is 10.6. The van der Waals surface area contributed by atoms with Gasteiger partial charge >= 0.3 is 0 Å². The second-order valence-corrected chi connectivity index (χ2v) is 5.96. The van der Waals surface area contributed by atoms with Crippen molar-refractivity contribution in [1.29, 1.82) is 0 Å². The van der Waals surface area contributed by atoms with Crippen LogP contribution in [0.2, 0.25) is 0 Å². The SMILES string of the molecule is COc1ccc2c(c1OC)C(=O)N([C@@H]1CCc3ccccc31)C2=O. The molecular weight excluding hydrogens is 306 g/mol. The van der Waals surface area contributed by atoms with E-state index >= 15 is 0 Å². The van der Waals surface area contributed by atoms with E-state index in [1.54, 1.807) is 12.1 Å². The third-order valence-electron chi connectivity index (χ3n) is 4.84. The molecule has 1 aliphatic heterocycles. The van der Waals surface area contributed by atoms with Crippen molar-refractivity contribution in [3.05, 3.63) is 58.7 Å². The first-order chi connectivity index (χ1) is 11.7. The monoisotopic (exact) mass is 323 g/mol. The Balaban J connectivity index is 1.81. The molecule has 0 N–H and O–H groups in total. The summed E-state index contributed by atoms with van der Waals surface area (Å²) in [4.78, 5) is 27.3. The number of hydrogen-bond acceptors (Lipinski definition) is 4. The number of hydrogen-bond donors (Lipinski definition) is 0. The molecule has 1 heterocycles. The summed E-state index contributed by atoms with van der Waals surface area (Å²) in [6.45, 7) is 0. The lowest BCUT2D eigenvalue weighted by Gasteiger charge is -2.23. The van der Waals surface area contributed by atoms with E-state index in [2.05, 4.69) is 6.07 Å². The molecule has 0 saturated carbocycles. The molecule has 5 heteroatoms. The number of amides is 2. The summed E-state index contributed by atoms with van der Waals surface area (Å²) in [5.74, 6) is 0.193. The van der Waals surface area contributed by atoms with Crippen molar-refractivity contribution in [2.24, 2.45) is 0 Å². The Kier molecular flexibility index (Phi) is 3.30. The first kappa shape index (κ1) is 14.8. The van der Waals surface area contributed by atoms with Crippen molar-refractivity contribution in [2.75, 3.05) is 14.2 Å². The number of nitrogens with zero attached hydrogens (tertiary/aromatic N) is 1. The Morgan fingerprint density at radius 2 is 1.79 bits per heavy atom. The molecule has 0 bridgehead atoms. The molecule has 0 fully saturated rings. The summed E-state index contributed by atoms with van der Waals surface area (Å²) in [7, 11) is 2.99. The van der Waals surface area contributed by atoms with Crippen LogP contribution in [0.5, 0.6) is 11.5 Å². The molecule has 1 atom stereocenters. The second-order valence-electron chi connectivity index (χ2n) is 5.96. The highest BCUT2D eigenvalue weighted by Crippen LogP contribution is 2.44. The normalized spacial score (nSPS) is 18.6. The van der Waals surface area contributed by atoms with Crippen LogP contribution >= 0.6 is 0 Å². The summed E-state index contributed by atoms with van der Waals surface area (Å²) in [5, 5.41) is 0. The molecule has 2 aromatic carbocycles. The first-order valence-electron chi connectivity index (χ1n) is 7.88. The topological polar surface area (TPSA) is 55.8 Å². The highest BCUT2D eigenvalue weighted by molar-refractivity contribution is 6.23. The fraction of sp³-hybridized carbons (Fsp3) is 0.263. The Labute approximate surface area is 139 Å². The highest BCUT2D eigenvalue weighted by atomic mass is 16.5. The van der Waals surface area contributed by atoms with Crippen LogP contribution in [0.25, 0.3) is 0 Å². The van der Waals surface area contributed by atoms with E-state index in [4.69, 9.17) is 9.47 Å². The minimum atomic E-state index is -0.313. The number of fused-ring (bicyclic) bond motifs is 2. The van der Waals surface area contributed by atoms with Gasteiger partial charge in [-0.2, -0.15) is 0 Å². The minimum absolute atomic E-state index is 0.218. The molecule has 2 aromatic rings. The van der Waals surface area contributed by atoms with Crippen LogP contribution in [-0.2, 0) is 6.42 Å². The van der Waals surface area contributed by atoms with Crippen molar-refractivity contribution in [2.45, 2.75) is 18.9 Å². The van der Waals surface area contributed by atoms with Crippen LogP contribution < -0.4 is 9.47 Å². The van der Waals surface area contributed by atoms with Gasteiger partial charge in [-0.05, 0) is 36.1 Å². The molecule has 4 rings (SSSR count). The van der Waals surface area contributed by atoms with Gasteiger partial charge in [-0.15, -0.1) is 0 Å². The summed E-state index contributed by atoms with van der Waals surface area (Å²) in [5.41, 5.74) is 2.93. The van der Waals surface area contributed by atoms with E-state index in [1.807, 2.05) is 18.2 Å². The van der Waals surface area contributed by atoms with E-state index in [0.29, 0.717) is 22.6 Å². The molecule has 0 aromatic heterocycles. The Hall–Kier alpha value is -2.82. The fourth-order valence-electron chi connectivity index (χ4n) is 3.75. The predicted molar refractivity (Wildman–Crippen MR) is 87.6 cm³/mol. The van der Waals surface area contributed by atoms with Crippen molar-refractivity contribution >= 4 is 11.8 Å². The predicted octanol–water partition coefficient (Wildman–Crippen LogP) is 2.99. The lowest BCUT2D eigenvalue weighted by atomic mass is 10.1. The zero-order valence-electron chi connectivity index (χ0n) is 13.5. The van der Waals surface area contributed by atoms with Crippen LogP contribution in [0, 0.1) is 0 Å². The smallest absolute Gasteiger partial charge is 0.266 e. The van der Waals surface area contributed by atoms with E-state index in [-0.39, 0.29) is 17.9 Å². The molecular formula is C19H17NO4. The Bertz CT molecular complexity index is 858. The molecule has 0 unspecified atom stereocenters. The van der Waals surface area contributed by atoms with Crippen molar-refractivity contribution < 1.29 is 19.1 Å². The van der Waals surface area contributed by atoms with Gasteiger partial charge in [0, 0.05) is 0 Å². The van der Waals surface area contributed by atoms with Gasteiger partial charge in [0.1, 0.15) is 0 Å². The van der Waals surface area contributed by atoms with Crippen molar-refractivity contribution in [1.82, 2.24) is 4.90 Å². The summed E-state index contributed by atoms with van der Waals surface area (Å²) in [6, 6.07) is 11.1. The molecule has 0 spiro atoms. The van der Waals surface area contributed by atoms with E-state index in [1.165, 1.54) is 24.7 Å². The van der Waals surface area contributed by atoms with Gasteiger partial charge in [-0.3, -0.25) is 14.5 Å². The number of aryl methyl sites for hydroxylation is 1. The van der Waals surface area contributed by atoms with Crippen LogP contribution in [0.15, 0.2) is 36.4 Å². The summed E-state index contributed by atoms with van der Waals surface area (Å²) >= 11 is 0. The zero-order valence-corrected chi connectivity index (χ0v) is 13.5. The number of benzene rings is 2. The van der Waals surface area contributed by atoms with Gasteiger partial charge in [0.25, 0.3) is 11.8 Å². The van der Waals surface area contributed by atoms with Crippen LogP contribution in [0.1, 0.15) is 44.3 Å². The van der Waals surface area contributed by atoms with Gasteiger partial charge in [0.05, 0.1) is 31.4 Å². The Morgan fingerprint density at radius 1 is 1.00 bits per heavy atom. The van der Waals surface area contributed by atoms with Gasteiger partial charge < -0.3 is 9.47 Å². The van der Waals surface area contributed by atoms with E-state index in [0.717, 1.165) is 18.4 Å². The molecule has 0 radical (unpaired) electrons. The molecule has 1 aliphatic carbocycles. The van der Waals surface area contributed by atoms with Gasteiger partial charge in [-0.1, -0.05) is 24.3 Å². The lowest BCUT2D eigenvalue weighted by molar-refractivity contribution is 0.0581. The Morgan fingerprint density at radius 3 is 2.54 bits per heavy atom. The summed E-state index contributed by atoms with van der Waals surface area (Å²) in [6.07, 6.45) is 1.62. The maximum Gasteiger partial charge on any atom is 0.266 e. The second kappa shape index (κ2) is 5.37. The number of methoxy groups -OCH3 is 2. The van der Waals surface area contributed by atoms with Crippen LogP contribution in [0.4, 0.5) is 0 Å². The quantitative estimate of drug-likeness (QED) is 0.815. The molecule has 0 saturated heterocycles. The largest absolute Gasteiger partial charge is 0.493 e. The number of rotatable bonds is 3. The average Bonchev–Trinajstić information content (AvgIpc) is 3.13. The first-order valence-corrected chi connectivity index (χ1v) is 7.88. The average molecular weight is 323 g/mol. The van der Waals surface area contributed by atoms with Crippen LogP contribution in [-0.4, -0.2) is 30.9 Å². The minimum Gasteiger partial charge on any atom is -0.493 e. The fourth-order valence-corrected chi connectivity index (χ4v) is 3.75. The van der Waals surface area contributed by atoms with Gasteiger partial charge in [0.2, 0.25) is 0 Å². The third kappa shape index (κ3) is 1.87. The van der Waals surface area contributed by atoms with E-state index in [9.17, 15) is 9.59 Å². The molecule has 122 valence electrons. The lowest BCUT2D eigenvalue weighted by Crippen LogP contribution is -2.33. The number of carbonyl (C=O) groups excluding carboxylic acids is 2. The standard InChI is InChI=1S/C19H17NO4/c1-23-15-10-8-13-16(17(15)24-2)19(22)20(18(13)21)14-9-7-11-5-3-4-6-12(11)14/h3-6,8,10,14H,7,9H2,1-2H3/t14-/m1/s1.